The molecule has 0 saturated heterocycles. The molecule has 4 unspecified atom stereocenters. The number of allylic oxidation sites excluding steroid dienone is 2. The highest BCUT2D eigenvalue weighted by atomic mass is 16.3. The van der Waals surface area contributed by atoms with Crippen LogP contribution < -0.4 is 0 Å². The van der Waals surface area contributed by atoms with Crippen molar-refractivity contribution in [1.82, 2.24) is 9.88 Å². The maximum absolute atomic E-state index is 14.9. The first kappa shape index (κ1) is 33.8. The molecule has 1 fully saturated rings. The lowest BCUT2D eigenvalue weighted by molar-refractivity contribution is -0.0857. The molecule has 1 aliphatic heterocycles. The van der Waals surface area contributed by atoms with Gasteiger partial charge in [-0.2, -0.15) is 0 Å². The van der Waals surface area contributed by atoms with Crippen molar-refractivity contribution in [2.24, 2.45) is 5.41 Å². The number of aliphatic hydroxyl groups is 2. The molecule has 5 heteroatoms. The number of carbonyl (C=O) groups excluding carboxylic acids is 1. The molecule has 262 valence electrons. The van der Waals surface area contributed by atoms with Gasteiger partial charge in [-0.05, 0) is 104 Å². The van der Waals surface area contributed by atoms with Crippen LogP contribution in [-0.2, 0) is 19.4 Å². The molecule has 0 spiro atoms. The van der Waals surface area contributed by atoms with Crippen molar-refractivity contribution in [3.05, 3.63) is 142 Å². The highest BCUT2D eigenvalue weighted by Gasteiger charge is 2.57. The zero-order valence-electron chi connectivity index (χ0n) is 30.0. The van der Waals surface area contributed by atoms with Crippen molar-refractivity contribution >= 4 is 16.7 Å². The minimum atomic E-state index is -0.933. The number of fused-ring (bicyclic) bond motifs is 11. The van der Waals surface area contributed by atoms with Crippen molar-refractivity contribution in [3.8, 4) is 11.1 Å². The summed E-state index contributed by atoms with van der Waals surface area (Å²) in [7, 11) is 0. The van der Waals surface area contributed by atoms with E-state index in [1.165, 1.54) is 27.7 Å². The number of nitrogens with zero attached hydrogens (tertiary/aromatic N) is 1. The van der Waals surface area contributed by atoms with E-state index in [4.69, 9.17) is 0 Å². The Labute approximate surface area is 302 Å². The average molecular weight is 679 g/mol. The zero-order valence-corrected chi connectivity index (χ0v) is 30.0. The quantitative estimate of drug-likeness (QED) is 0.128. The maximum Gasteiger partial charge on any atom is 0.193 e. The zero-order chi connectivity index (χ0) is 35.2. The summed E-state index contributed by atoms with van der Waals surface area (Å²) in [6, 6.07) is 32.9. The topological polar surface area (TPSA) is 76.6 Å². The van der Waals surface area contributed by atoms with E-state index >= 15 is 0 Å². The number of aromatic nitrogens is 1. The van der Waals surface area contributed by atoms with Gasteiger partial charge in [0, 0.05) is 52.8 Å². The SMILES string of the molecule is CC1=CCCC2(C)C(CCC2(O)CN2CCc3c([nH]c4ccccc34)C2)c2ccc(cc2C(=O)c2ccccc2-c2ccccc2)CC(O)CC1. The molecule has 51 heavy (non-hydrogen) atoms. The van der Waals surface area contributed by atoms with Crippen LogP contribution in [0.2, 0.25) is 0 Å². The summed E-state index contributed by atoms with van der Waals surface area (Å²) in [5.74, 6) is -0.00169. The molecule has 4 aromatic carbocycles. The van der Waals surface area contributed by atoms with Crippen molar-refractivity contribution in [1.29, 1.82) is 0 Å². The number of hydrogen-bond acceptors (Lipinski definition) is 4. The van der Waals surface area contributed by atoms with Gasteiger partial charge in [0.1, 0.15) is 0 Å². The summed E-state index contributed by atoms with van der Waals surface area (Å²) in [5, 5.41) is 25.4. The van der Waals surface area contributed by atoms with Crippen molar-refractivity contribution in [3.63, 3.8) is 0 Å². The summed E-state index contributed by atoms with van der Waals surface area (Å²) >= 11 is 0. The van der Waals surface area contributed by atoms with E-state index < -0.39 is 17.1 Å². The van der Waals surface area contributed by atoms with E-state index in [-0.39, 0.29) is 11.7 Å². The lowest BCUT2D eigenvalue weighted by atomic mass is 9.64. The average Bonchev–Trinajstić information content (AvgIpc) is 3.63. The molecule has 2 heterocycles. The van der Waals surface area contributed by atoms with Gasteiger partial charge in [0.05, 0.1) is 11.7 Å². The van der Waals surface area contributed by atoms with Gasteiger partial charge < -0.3 is 15.2 Å². The van der Waals surface area contributed by atoms with E-state index in [1.807, 2.05) is 42.5 Å². The Balaban J connectivity index is 1.19. The number of β-amino-alcohol motifs (C(OH)–C–C–N with tert-alkyl or cyclic N) is 1. The predicted molar refractivity (Wildman–Crippen MR) is 206 cm³/mol. The molecule has 3 N–H and O–H groups in total. The summed E-state index contributed by atoms with van der Waals surface area (Å²) < 4.78 is 0. The minimum Gasteiger partial charge on any atom is -0.393 e. The molecule has 3 aliphatic carbocycles. The van der Waals surface area contributed by atoms with E-state index in [1.54, 1.807) is 0 Å². The fourth-order valence-electron chi connectivity index (χ4n) is 9.65. The molecule has 1 aromatic heterocycles. The molecule has 4 atom stereocenters. The van der Waals surface area contributed by atoms with Crippen LogP contribution in [0, 0.1) is 5.41 Å². The van der Waals surface area contributed by atoms with Gasteiger partial charge in [0.2, 0.25) is 0 Å². The fourth-order valence-corrected chi connectivity index (χ4v) is 9.65. The number of carbonyl (C=O) groups is 1. The molecule has 9 rings (SSSR count). The highest BCUT2D eigenvalue weighted by Crippen LogP contribution is 2.59. The molecule has 2 bridgehead atoms. The van der Waals surface area contributed by atoms with Crippen molar-refractivity contribution in [2.45, 2.75) is 89.4 Å². The number of H-pyrrole nitrogens is 1. The number of aromatic amines is 1. The monoisotopic (exact) mass is 678 g/mol. The summed E-state index contributed by atoms with van der Waals surface area (Å²) in [6.07, 6.45) is 7.98. The third kappa shape index (κ3) is 6.30. The number of para-hydroxylation sites is 1. The third-order valence-electron chi connectivity index (χ3n) is 12.6. The van der Waals surface area contributed by atoms with Crippen LogP contribution in [0.3, 0.4) is 0 Å². The summed E-state index contributed by atoms with van der Waals surface area (Å²) in [5.41, 5.74) is 9.05. The van der Waals surface area contributed by atoms with Crippen LogP contribution in [0.1, 0.15) is 96.6 Å². The maximum atomic E-state index is 14.9. The van der Waals surface area contributed by atoms with E-state index in [9.17, 15) is 15.0 Å². The molecule has 1 saturated carbocycles. The number of aliphatic hydroxyl groups excluding tert-OH is 1. The van der Waals surface area contributed by atoms with Crippen molar-refractivity contribution < 1.29 is 15.0 Å². The fraction of sp³-hybridized carbons (Fsp3) is 0.370. The Kier molecular flexibility index (Phi) is 9.08. The van der Waals surface area contributed by atoms with E-state index in [2.05, 4.69) is 84.4 Å². The molecular formula is C46H50N2O3. The van der Waals surface area contributed by atoms with E-state index in [0.717, 1.165) is 67.4 Å². The lowest BCUT2D eigenvalue weighted by Crippen LogP contribution is -2.53. The molecule has 5 nitrogen and oxygen atoms in total. The highest BCUT2D eigenvalue weighted by molar-refractivity contribution is 6.13. The van der Waals surface area contributed by atoms with Crippen LogP contribution in [0.15, 0.2) is 109 Å². The second-order valence-electron chi connectivity index (χ2n) is 15.8. The van der Waals surface area contributed by atoms with Gasteiger partial charge >= 0.3 is 0 Å². The smallest absolute Gasteiger partial charge is 0.193 e. The third-order valence-corrected chi connectivity index (χ3v) is 12.6. The first-order chi connectivity index (χ1) is 24.7. The molecule has 5 aromatic rings. The molecule has 0 amide bonds. The number of rotatable bonds is 5. The Morgan fingerprint density at radius 3 is 2.55 bits per heavy atom. The summed E-state index contributed by atoms with van der Waals surface area (Å²) in [4.78, 5) is 21.1. The van der Waals surface area contributed by atoms with Gasteiger partial charge in [-0.3, -0.25) is 9.69 Å². The normalized spacial score (nSPS) is 25.6. The standard InChI is InChI=1S/C46H50N2O3/c1-31-11-10-24-45(2)41(22-25-46(45,51)30-48-26-23-38-37-15-8-9-17-42(37)47-43(38)29-48)36-21-19-32(27-34(49)20-18-31)28-40(36)44(50)39-16-7-6-14-35(39)33-12-4-3-5-13-33/h3-9,11-17,19,21,28,34,41,47,49,51H,10,18,20,22-27,29-30H2,1-2H3. The van der Waals surface area contributed by atoms with Crippen molar-refractivity contribution in [2.75, 3.05) is 13.1 Å². The van der Waals surface area contributed by atoms with Gasteiger partial charge in [-0.25, -0.2) is 0 Å². The van der Waals surface area contributed by atoms with Gasteiger partial charge in [-0.1, -0.05) is 104 Å². The molecule has 4 aliphatic rings. The minimum absolute atomic E-state index is 0.00351. The van der Waals surface area contributed by atoms with Crippen LogP contribution in [0.5, 0.6) is 0 Å². The first-order valence-corrected chi connectivity index (χ1v) is 18.9. The number of nitrogens with one attached hydrogen (secondary N) is 1. The number of benzene rings is 4. The second-order valence-corrected chi connectivity index (χ2v) is 15.8. The lowest BCUT2D eigenvalue weighted by Gasteiger charge is -2.46. The molecular weight excluding hydrogens is 629 g/mol. The largest absolute Gasteiger partial charge is 0.393 e. The first-order valence-electron chi connectivity index (χ1n) is 18.9. The van der Waals surface area contributed by atoms with Crippen LogP contribution >= 0.6 is 0 Å². The van der Waals surface area contributed by atoms with Gasteiger partial charge in [0.15, 0.2) is 5.78 Å². The molecule has 0 radical (unpaired) electrons. The Hall–Kier alpha value is -4.29. The van der Waals surface area contributed by atoms with E-state index in [0.29, 0.717) is 36.9 Å². The number of ketones is 1. The Morgan fingerprint density at radius 2 is 1.69 bits per heavy atom. The van der Waals surface area contributed by atoms with Gasteiger partial charge in [0.25, 0.3) is 0 Å². The van der Waals surface area contributed by atoms with Crippen LogP contribution in [0.4, 0.5) is 0 Å². The van der Waals surface area contributed by atoms with Gasteiger partial charge in [-0.15, -0.1) is 0 Å². The number of hydrogen-bond donors (Lipinski definition) is 3. The summed E-state index contributed by atoms with van der Waals surface area (Å²) in [6.45, 7) is 6.76. The Morgan fingerprint density at radius 1 is 0.902 bits per heavy atom. The van der Waals surface area contributed by atoms with Crippen LogP contribution in [0.25, 0.3) is 22.0 Å². The second kappa shape index (κ2) is 13.7. The predicted octanol–water partition coefficient (Wildman–Crippen LogP) is 9.16. The Bertz CT molecular complexity index is 2100. The van der Waals surface area contributed by atoms with Crippen LogP contribution in [-0.4, -0.2) is 50.7 Å².